The van der Waals surface area contributed by atoms with Crippen LogP contribution in [0.5, 0.6) is 0 Å². The molecule has 2 saturated heterocycles. The first-order chi connectivity index (χ1) is 14.0. The van der Waals surface area contributed by atoms with Crippen LogP contribution in [0.3, 0.4) is 0 Å². The molecule has 0 bridgehead atoms. The Labute approximate surface area is 172 Å². The molecule has 1 atom stereocenters. The lowest BCUT2D eigenvalue weighted by atomic mass is 9.78. The van der Waals surface area contributed by atoms with E-state index in [1.165, 1.54) is 0 Å². The molecule has 3 heterocycles. The third kappa shape index (κ3) is 4.10. The van der Waals surface area contributed by atoms with Gasteiger partial charge in [-0.05, 0) is 57.1 Å². The van der Waals surface area contributed by atoms with Crippen LogP contribution < -0.4 is 10.2 Å². The molecular weight excluding hydrogens is 368 g/mol. The summed E-state index contributed by atoms with van der Waals surface area (Å²) in [5.41, 5.74) is 0.403. The molecule has 0 unspecified atom stereocenters. The van der Waals surface area contributed by atoms with E-state index in [0.29, 0.717) is 30.6 Å². The first-order valence-corrected chi connectivity index (χ1v) is 11.0. The molecule has 1 aromatic heterocycles. The summed E-state index contributed by atoms with van der Waals surface area (Å²) in [6, 6.07) is 4.11. The normalized spacial score (nSPS) is 30.1. The lowest BCUT2D eigenvalue weighted by Crippen LogP contribution is -2.50. The first-order valence-electron chi connectivity index (χ1n) is 11.0. The molecule has 2 amide bonds. The Morgan fingerprint density at radius 1 is 1.24 bits per heavy atom. The van der Waals surface area contributed by atoms with Crippen LogP contribution in [0.15, 0.2) is 18.3 Å². The second kappa shape index (κ2) is 8.30. The van der Waals surface area contributed by atoms with Gasteiger partial charge >= 0.3 is 0 Å². The van der Waals surface area contributed by atoms with E-state index in [2.05, 4.69) is 20.1 Å². The Bertz CT molecular complexity index is 745. The lowest BCUT2D eigenvalue weighted by molar-refractivity contribution is -0.139. The van der Waals surface area contributed by atoms with Crippen LogP contribution in [0.4, 0.5) is 11.5 Å². The molecule has 1 aliphatic carbocycles. The number of carbonyl (C=O) groups is 2. The average Bonchev–Trinajstić information content (AvgIpc) is 3.04. The summed E-state index contributed by atoms with van der Waals surface area (Å²) in [6.07, 6.45) is 8.22. The SMILES string of the molecule is CCC(=O)Nc1ccc(N2CCC[C@]3(CCN([C@H]4CC[C@H](O)CC4)C3=O)C2)nc1. The molecule has 1 spiro atoms. The van der Waals surface area contributed by atoms with Gasteiger partial charge in [0.05, 0.1) is 23.4 Å². The van der Waals surface area contributed by atoms with Crippen molar-refractivity contribution in [3.8, 4) is 0 Å². The Morgan fingerprint density at radius 2 is 2.03 bits per heavy atom. The lowest BCUT2D eigenvalue weighted by Gasteiger charge is -2.41. The number of pyridine rings is 1. The van der Waals surface area contributed by atoms with Gasteiger partial charge in [0.25, 0.3) is 0 Å². The highest BCUT2D eigenvalue weighted by Crippen LogP contribution is 2.43. The molecule has 1 aromatic rings. The van der Waals surface area contributed by atoms with Gasteiger partial charge in [-0.15, -0.1) is 0 Å². The fourth-order valence-corrected chi connectivity index (χ4v) is 5.17. The van der Waals surface area contributed by atoms with Crippen molar-refractivity contribution in [2.45, 2.75) is 70.4 Å². The number of aliphatic hydroxyl groups excluding tert-OH is 1. The highest BCUT2D eigenvalue weighted by Gasteiger charge is 2.50. The predicted octanol–water partition coefficient (Wildman–Crippen LogP) is 2.55. The summed E-state index contributed by atoms with van der Waals surface area (Å²) in [4.78, 5) is 33.8. The van der Waals surface area contributed by atoms with E-state index in [9.17, 15) is 14.7 Å². The maximum absolute atomic E-state index is 13.4. The van der Waals surface area contributed by atoms with Crippen LogP contribution in [0.2, 0.25) is 0 Å². The third-order valence-electron chi connectivity index (χ3n) is 6.91. The standard InChI is InChI=1S/C22H32N4O3/c1-2-20(28)24-16-4-9-19(23-14-16)25-12-3-10-22(15-25)11-13-26(21(22)29)17-5-7-18(27)8-6-17/h4,9,14,17-18,27H,2-3,5-8,10-13,15H2,1H3,(H,24,28)/t17-,18-,22-/m0/s1. The van der Waals surface area contributed by atoms with Gasteiger partial charge in [0, 0.05) is 32.1 Å². The van der Waals surface area contributed by atoms with Crippen molar-refractivity contribution < 1.29 is 14.7 Å². The minimum atomic E-state index is -0.301. The van der Waals surface area contributed by atoms with Gasteiger partial charge < -0.3 is 20.2 Å². The monoisotopic (exact) mass is 400 g/mol. The largest absolute Gasteiger partial charge is 0.393 e. The molecule has 1 saturated carbocycles. The smallest absolute Gasteiger partial charge is 0.230 e. The van der Waals surface area contributed by atoms with Crippen LogP contribution in [0.25, 0.3) is 0 Å². The summed E-state index contributed by atoms with van der Waals surface area (Å²) in [5, 5.41) is 12.6. The number of piperidine rings is 1. The van der Waals surface area contributed by atoms with E-state index in [0.717, 1.165) is 63.9 Å². The molecule has 0 aromatic carbocycles. The van der Waals surface area contributed by atoms with Crippen molar-refractivity contribution in [3.05, 3.63) is 18.3 Å². The summed E-state index contributed by atoms with van der Waals surface area (Å²) < 4.78 is 0. The molecule has 0 radical (unpaired) electrons. The molecule has 4 rings (SSSR count). The number of aromatic nitrogens is 1. The fraction of sp³-hybridized carbons (Fsp3) is 0.682. The molecular formula is C22H32N4O3. The predicted molar refractivity (Wildman–Crippen MR) is 112 cm³/mol. The second-order valence-corrected chi connectivity index (χ2v) is 8.82. The number of amides is 2. The molecule has 3 aliphatic rings. The molecule has 2 N–H and O–H groups in total. The molecule has 2 aliphatic heterocycles. The summed E-state index contributed by atoms with van der Waals surface area (Å²) in [5.74, 6) is 1.14. The van der Waals surface area contributed by atoms with E-state index >= 15 is 0 Å². The topological polar surface area (TPSA) is 85.8 Å². The van der Waals surface area contributed by atoms with Crippen LogP contribution >= 0.6 is 0 Å². The third-order valence-corrected chi connectivity index (χ3v) is 6.91. The van der Waals surface area contributed by atoms with Gasteiger partial charge in [-0.1, -0.05) is 6.92 Å². The Morgan fingerprint density at radius 3 is 2.72 bits per heavy atom. The zero-order chi connectivity index (χ0) is 20.4. The Kier molecular flexibility index (Phi) is 5.76. The Balaban J connectivity index is 1.43. The zero-order valence-corrected chi connectivity index (χ0v) is 17.3. The number of nitrogens with one attached hydrogen (secondary N) is 1. The quantitative estimate of drug-likeness (QED) is 0.811. The van der Waals surface area contributed by atoms with Gasteiger partial charge in [-0.2, -0.15) is 0 Å². The van der Waals surface area contributed by atoms with Crippen molar-refractivity contribution in [1.29, 1.82) is 0 Å². The average molecular weight is 401 g/mol. The molecule has 7 nitrogen and oxygen atoms in total. The molecule has 29 heavy (non-hydrogen) atoms. The fourth-order valence-electron chi connectivity index (χ4n) is 5.17. The van der Waals surface area contributed by atoms with Gasteiger partial charge in [-0.25, -0.2) is 4.98 Å². The number of hydrogen-bond acceptors (Lipinski definition) is 5. The molecule has 7 heteroatoms. The van der Waals surface area contributed by atoms with E-state index < -0.39 is 0 Å². The highest BCUT2D eigenvalue weighted by atomic mass is 16.3. The van der Waals surface area contributed by atoms with Crippen LogP contribution in [0.1, 0.15) is 58.3 Å². The number of likely N-dealkylation sites (tertiary alicyclic amines) is 1. The minimum Gasteiger partial charge on any atom is -0.393 e. The summed E-state index contributed by atoms with van der Waals surface area (Å²) in [7, 11) is 0. The van der Waals surface area contributed by atoms with Crippen LogP contribution in [-0.4, -0.2) is 58.6 Å². The minimum absolute atomic E-state index is 0.0247. The van der Waals surface area contributed by atoms with Gasteiger partial charge in [-0.3, -0.25) is 9.59 Å². The maximum Gasteiger partial charge on any atom is 0.230 e. The first kappa shape index (κ1) is 20.1. The van der Waals surface area contributed by atoms with Crippen molar-refractivity contribution in [2.24, 2.45) is 5.41 Å². The van der Waals surface area contributed by atoms with Crippen molar-refractivity contribution in [3.63, 3.8) is 0 Å². The second-order valence-electron chi connectivity index (χ2n) is 8.82. The van der Waals surface area contributed by atoms with Crippen molar-refractivity contribution in [2.75, 3.05) is 29.9 Å². The van der Waals surface area contributed by atoms with Gasteiger partial charge in [0.1, 0.15) is 5.82 Å². The maximum atomic E-state index is 13.4. The van der Waals surface area contributed by atoms with E-state index in [4.69, 9.17) is 0 Å². The number of anilines is 2. The van der Waals surface area contributed by atoms with E-state index in [-0.39, 0.29) is 17.4 Å². The number of rotatable bonds is 4. The summed E-state index contributed by atoms with van der Waals surface area (Å²) in [6.45, 7) is 4.27. The Hall–Kier alpha value is -2.15. The molecule has 158 valence electrons. The van der Waals surface area contributed by atoms with Crippen LogP contribution in [0, 0.1) is 5.41 Å². The van der Waals surface area contributed by atoms with Crippen molar-refractivity contribution in [1.82, 2.24) is 9.88 Å². The van der Waals surface area contributed by atoms with Gasteiger partial charge in [0.2, 0.25) is 11.8 Å². The van der Waals surface area contributed by atoms with Gasteiger partial charge in [0.15, 0.2) is 0 Å². The number of nitrogens with zero attached hydrogens (tertiary/aromatic N) is 3. The van der Waals surface area contributed by atoms with Crippen molar-refractivity contribution >= 4 is 23.3 Å². The number of hydrogen-bond donors (Lipinski definition) is 2. The number of carbonyl (C=O) groups excluding carboxylic acids is 2. The van der Waals surface area contributed by atoms with E-state index in [1.807, 2.05) is 19.1 Å². The zero-order valence-electron chi connectivity index (χ0n) is 17.3. The molecule has 3 fully saturated rings. The number of aliphatic hydroxyl groups is 1. The van der Waals surface area contributed by atoms with E-state index in [1.54, 1.807) is 6.20 Å². The highest BCUT2D eigenvalue weighted by molar-refractivity contribution is 5.90. The van der Waals surface area contributed by atoms with Crippen LogP contribution in [-0.2, 0) is 9.59 Å². The summed E-state index contributed by atoms with van der Waals surface area (Å²) >= 11 is 0.